The van der Waals surface area contributed by atoms with Crippen molar-refractivity contribution in [3.8, 4) is 0 Å². The standard InChI is InChI=1S/C12H18N4O/c1-9-11(10(2)17-14-9)7-15(3)8-12-13-5-6-16(12)4/h5-6H,7-8H2,1-4H3. The number of hydrogen-bond acceptors (Lipinski definition) is 4. The van der Waals surface area contributed by atoms with Crippen LogP contribution in [0.2, 0.25) is 0 Å². The van der Waals surface area contributed by atoms with Gasteiger partial charge in [0.1, 0.15) is 11.6 Å². The maximum absolute atomic E-state index is 5.16. The molecule has 2 heterocycles. The van der Waals surface area contributed by atoms with Crippen LogP contribution < -0.4 is 0 Å². The minimum atomic E-state index is 0.813. The summed E-state index contributed by atoms with van der Waals surface area (Å²) in [5.41, 5.74) is 2.14. The number of nitrogens with zero attached hydrogens (tertiary/aromatic N) is 4. The molecule has 0 aliphatic heterocycles. The average Bonchev–Trinajstić information content (AvgIpc) is 2.80. The molecule has 92 valence electrons. The Balaban J connectivity index is 2.03. The first-order valence-corrected chi connectivity index (χ1v) is 5.64. The number of aryl methyl sites for hydroxylation is 3. The SMILES string of the molecule is Cc1noc(C)c1CN(C)Cc1nccn1C. The molecule has 2 rings (SSSR count). The first-order valence-electron chi connectivity index (χ1n) is 5.64. The molecule has 0 radical (unpaired) electrons. The Morgan fingerprint density at radius 3 is 2.65 bits per heavy atom. The van der Waals surface area contributed by atoms with Crippen LogP contribution in [0.15, 0.2) is 16.9 Å². The van der Waals surface area contributed by atoms with Crippen molar-refractivity contribution >= 4 is 0 Å². The molecule has 2 aromatic rings. The van der Waals surface area contributed by atoms with E-state index in [4.69, 9.17) is 4.52 Å². The van der Waals surface area contributed by atoms with Crippen molar-refractivity contribution in [3.63, 3.8) is 0 Å². The molecule has 0 spiro atoms. The van der Waals surface area contributed by atoms with Gasteiger partial charge in [0.15, 0.2) is 0 Å². The monoisotopic (exact) mass is 234 g/mol. The lowest BCUT2D eigenvalue weighted by Crippen LogP contribution is -2.20. The van der Waals surface area contributed by atoms with Crippen molar-refractivity contribution in [2.45, 2.75) is 26.9 Å². The molecule has 5 nitrogen and oxygen atoms in total. The zero-order chi connectivity index (χ0) is 12.4. The molecule has 5 heteroatoms. The Labute approximate surface area is 101 Å². The molecule has 0 aliphatic rings. The maximum Gasteiger partial charge on any atom is 0.138 e. The molecule has 0 saturated carbocycles. The van der Waals surface area contributed by atoms with E-state index in [1.165, 1.54) is 5.56 Å². The summed E-state index contributed by atoms with van der Waals surface area (Å²) in [6, 6.07) is 0. The maximum atomic E-state index is 5.16. The summed E-state index contributed by atoms with van der Waals surface area (Å²) in [5, 5.41) is 3.96. The fourth-order valence-electron chi connectivity index (χ4n) is 1.84. The van der Waals surface area contributed by atoms with Gasteiger partial charge in [0.05, 0.1) is 12.2 Å². The molecule has 0 aromatic carbocycles. The molecule has 0 unspecified atom stereocenters. The number of aromatic nitrogens is 3. The second-order valence-corrected chi connectivity index (χ2v) is 4.43. The molecule has 0 bridgehead atoms. The largest absolute Gasteiger partial charge is 0.361 e. The Kier molecular flexibility index (Phi) is 3.28. The molecule has 0 amide bonds. The van der Waals surface area contributed by atoms with Crippen LogP contribution in [0.25, 0.3) is 0 Å². The number of hydrogen-bond donors (Lipinski definition) is 0. The molecule has 0 N–H and O–H groups in total. The number of imidazole rings is 1. The van der Waals surface area contributed by atoms with Crippen LogP contribution in [0, 0.1) is 13.8 Å². The molecule has 0 fully saturated rings. The molecule has 2 aromatic heterocycles. The smallest absolute Gasteiger partial charge is 0.138 e. The van der Waals surface area contributed by atoms with Gasteiger partial charge in [-0.1, -0.05) is 5.16 Å². The summed E-state index contributed by atoms with van der Waals surface area (Å²) >= 11 is 0. The van der Waals surface area contributed by atoms with Crippen LogP contribution in [-0.2, 0) is 20.1 Å². The fraction of sp³-hybridized carbons (Fsp3) is 0.500. The first-order chi connectivity index (χ1) is 8.08. The third kappa shape index (κ3) is 2.55. The van der Waals surface area contributed by atoms with E-state index in [0.717, 1.165) is 30.4 Å². The van der Waals surface area contributed by atoms with Gasteiger partial charge in [-0.3, -0.25) is 4.90 Å². The highest BCUT2D eigenvalue weighted by Crippen LogP contribution is 2.15. The van der Waals surface area contributed by atoms with Gasteiger partial charge in [-0.05, 0) is 20.9 Å². The Bertz CT molecular complexity index is 481. The highest BCUT2D eigenvalue weighted by Gasteiger charge is 2.12. The van der Waals surface area contributed by atoms with Crippen molar-refractivity contribution in [2.24, 2.45) is 7.05 Å². The Hall–Kier alpha value is -1.62. The lowest BCUT2D eigenvalue weighted by molar-refractivity contribution is 0.303. The lowest BCUT2D eigenvalue weighted by atomic mass is 10.2. The highest BCUT2D eigenvalue weighted by molar-refractivity contribution is 5.20. The molecule has 0 atom stereocenters. The van der Waals surface area contributed by atoms with E-state index in [1.54, 1.807) is 0 Å². The first kappa shape index (κ1) is 11.9. The van der Waals surface area contributed by atoms with E-state index in [9.17, 15) is 0 Å². The molecule has 0 saturated heterocycles. The van der Waals surface area contributed by atoms with Crippen molar-refractivity contribution in [3.05, 3.63) is 35.2 Å². The third-order valence-corrected chi connectivity index (χ3v) is 2.94. The van der Waals surface area contributed by atoms with Crippen LogP contribution in [0.5, 0.6) is 0 Å². The third-order valence-electron chi connectivity index (χ3n) is 2.94. The fourth-order valence-corrected chi connectivity index (χ4v) is 1.84. The van der Waals surface area contributed by atoms with Crippen LogP contribution >= 0.6 is 0 Å². The predicted octanol–water partition coefficient (Wildman–Crippen LogP) is 1.66. The molecule has 0 aliphatic carbocycles. The van der Waals surface area contributed by atoms with E-state index in [1.807, 2.05) is 37.9 Å². The van der Waals surface area contributed by atoms with E-state index < -0.39 is 0 Å². The summed E-state index contributed by atoms with van der Waals surface area (Å²) in [6.07, 6.45) is 3.78. The average molecular weight is 234 g/mol. The summed E-state index contributed by atoms with van der Waals surface area (Å²) in [4.78, 5) is 6.52. The van der Waals surface area contributed by atoms with Gasteiger partial charge < -0.3 is 9.09 Å². The lowest BCUT2D eigenvalue weighted by Gasteiger charge is -2.15. The normalized spacial score (nSPS) is 11.4. The topological polar surface area (TPSA) is 47.1 Å². The molecular formula is C12H18N4O. The van der Waals surface area contributed by atoms with Gasteiger partial charge in [-0.2, -0.15) is 0 Å². The quantitative estimate of drug-likeness (QED) is 0.807. The minimum absolute atomic E-state index is 0.813. The van der Waals surface area contributed by atoms with Gasteiger partial charge in [0.2, 0.25) is 0 Å². The Morgan fingerprint density at radius 2 is 2.12 bits per heavy atom. The van der Waals surface area contributed by atoms with Gasteiger partial charge in [0, 0.05) is 31.5 Å². The van der Waals surface area contributed by atoms with Gasteiger partial charge in [0.25, 0.3) is 0 Å². The van der Waals surface area contributed by atoms with Gasteiger partial charge in [-0.25, -0.2) is 4.98 Å². The van der Waals surface area contributed by atoms with Crippen LogP contribution in [-0.4, -0.2) is 26.7 Å². The zero-order valence-corrected chi connectivity index (χ0v) is 10.8. The summed E-state index contributed by atoms with van der Waals surface area (Å²) in [6.45, 7) is 5.56. The van der Waals surface area contributed by atoms with Gasteiger partial charge in [-0.15, -0.1) is 0 Å². The van der Waals surface area contributed by atoms with E-state index >= 15 is 0 Å². The second-order valence-electron chi connectivity index (χ2n) is 4.43. The molecule has 17 heavy (non-hydrogen) atoms. The van der Waals surface area contributed by atoms with Crippen LogP contribution in [0.3, 0.4) is 0 Å². The van der Waals surface area contributed by atoms with Crippen molar-refractivity contribution in [1.82, 2.24) is 19.6 Å². The summed E-state index contributed by atoms with van der Waals surface area (Å²) in [7, 11) is 4.08. The summed E-state index contributed by atoms with van der Waals surface area (Å²) < 4.78 is 7.19. The van der Waals surface area contributed by atoms with E-state index in [0.29, 0.717) is 0 Å². The minimum Gasteiger partial charge on any atom is -0.361 e. The van der Waals surface area contributed by atoms with Crippen LogP contribution in [0.4, 0.5) is 0 Å². The molecular weight excluding hydrogens is 216 g/mol. The van der Waals surface area contributed by atoms with Crippen molar-refractivity contribution in [2.75, 3.05) is 7.05 Å². The van der Waals surface area contributed by atoms with Crippen LogP contribution in [0.1, 0.15) is 22.8 Å². The summed E-state index contributed by atoms with van der Waals surface area (Å²) in [5.74, 6) is 1.95. The van der Waals surface area contributed by atoms with Crippen molar-refractivity contribution in [1.29, 1.82) is 0 Å². The highest BCUT2D eigenvalue weighted by atomic mass is 16.5. The zero-order valence-electron chi connectivity index (χ0n) is 10.8. The van der Waals surface area contributed by atoms with Gasteiger partial charge >= 0.3 is 0 Å². The number of rotatable bonds is 4. The Morgan fingerprint density at radius 1 is 1.35 bits per heavy atom. The second kappa shape index (κ2) is 4.71. The van der Waals surface area contributed by atoms with Crippen molar-refractivity contribution < 1.29 is 4.52 Å². The van der Waals surface area contributed by atoms with E-state index in [-0.39, 0.29) is 0 Å². The van der Waals surface area contributed by atoms with E-state index in [2.05, 4.69) is 22.1 Å². The predicted molar refractivity (Wildman–Crippen MR) is 64.4 cm³/mol.